The maximum Gasteiger partial charge on any atom is 0.410 e. The monoisotopic (exact) mass is 471 g/mol. The van der Waals surface area contributed by atoms with Gasteiger partial charge < -0.3 is 15.4 Å². The standard InChI is InChI=1S/C21H25ClF3N5O2/c22-15-4-2-14(3-5-15)16-12-18(21(23,24)25)30-19(27-16)13-17(28-30)20(31)26-6-1-7-29-8-10-32-11-9-29/h2-5,13,16,18,27H,1,6-12H2,(H,26,31). The molecule has 2 N–H and O–H groups in total. The lowest BCUT2D eigenvalue weighted by molar-refractivity contribution is -0.173. The molecule has 1 aromatic carbocycles. The van der Waals surface area contributed by atoms with Crippen molar-refractivity contribution in [3.8, 4) is 0 Å². The summed E-state index contributed by atoms with van der Waals surface area (Å²) in [6.45, 7) is 4.38. The first-order valence-corrected chi connectivity index (χ1v) is 11.0. The Bertz CT molecular complexity index is 929. The summed E-state index contributed by atoms with van der Waals surface area (Å²) in [5, 5.41) is 10.3. The highest BCUT2D eigenvalue weighted by atomic mass is 35.5. The number of nitrogens with one attached hydrogen (secondary N) is 2. The molecule has 1 aromatic heterocycles. The highest BCUT2D eigenvalue weighted by Crippen LogP contribution is 2.43. The Morgan fingerprint density at radius 2 is 1.97 bits per heavy atom. The van der Waals surface area contributed by atoms with Crippen LogP contribution in [0.2, 0.25) is 5.02 Å². The number of alkyl halides is 3. The van der Waals surface area contributed by atoms with Gasteiger partial charge in [0.15, 0.2) is 11.7 Å². The number of aromatic nitrogens is 2. The summed E-state index contributed by atoms with van der Waals surface area (Å²) < 4.78 is 47.5. The zero-order valence-electron chi connectivity index (χ0n) is 17.4. The predicted octanol–water partition coefficient (Wildman–Crippen LogP) is 3.65. The molecule has 11 heteroatoms. The molecule has 2 atom stereocenters. The third-order valence-electron chi connectivity index (χ3n) is 5.74. The van der Waals surface area contributed by atoms with E-state index in [0.29, 0.717) is 30.3 Å². The van der Waals surface area contributed by atoms with Gasteiger partial charge in [-0.15, -0.1) is 0 Å². The Kier molecular flexibility index (Phi) is 6.92. The van der Waals surface area contributed by atoms with Crippen LogP contribution in [-0.2, 0) is 4.74 Å². The van der Waals surface area contributed by atoms with E-state index < -0.39 is 24.2 Å². The fraction of sp³-hybridized carbons (Fsp3) is 0.524. The van der Waals surface area contributed by atoms with E-state index in [0.717, 1.165) is 30.7 Å². The van der Waals surface area contributed by atoms with Gasteiger partial charge in [-0.25, -0.2) is 4.68 Å². The summed E-state index contributed by atoms with van der Waals surface area (Å²) in [7, 11) is 0. The molecule has 4 rings (SSSR count). The molecule has 2 unspecified atom stereocenters. The third-order valence-corrected chi connectivity index (χ3v) is 5.99. The summed E-state index contributed by atoms with van der Waals surface area (Å²) in [6, 6.07) is 5.64. The fourth-order valence-corrected chi connectivity index (χ4v) is 4.14. The molecule has 3 heterocycles. The first-order valence-electron chi connectivity index (χ1n) is 10.6. The molecule has 1 amide bonds. The number of fused-ring (bicyclic) bond motifs is 1. The van der Waals surface area contributed by atoms with Crippen LogP contribution in [-0.4, -0.2) is 66.2 Å². The minimum atomic E-state index is -4.50. The summed E-state index contributed by atoms with van der Waals surface area (Å²) in [5.74, 6) is -0.323. The van der Waals surface area contributed by atoms with Crippen molar-refractivity contribution in [3.05, 3.63) is 46.6 Å². The van der Waals surface area contributed by atoms with Crippen LogP contribution in [0.3, 0.4) is 0 Å². The number of ether oxygens (including phenoxy) is 1. The van der Waals surface area contributed by atoms with Crippen molar-refractivity contribution in [2.75, 3.05) is 44.7 Å². The van der Waals surface area contributed by atoms with Gasteiger partial charge in [-0.2, -0.15) is 18.3 Å². The number of halogens is 4. The Labute approximate surface area is 188 Å². The van der Waals surface area contributed by atoms with Crippen molar-refractivity contribution in [2.45, 2.75) is 31.1 Å². The first-order chi connectivity index (χ1) is 15.3. The van der Waals surface area contributed by atoms with Gasteiger partial charge in [-0.1, -0.05) is 23.7 Å². The zero-order valence-corrected chi connectivity index (χ0v) is 18.1. The van der Waals surface area contributed by atoms with E-state index in [1.807, 2.05) is 0 Å². The fourth-order valence-electron chi connectivity index (χ4n) is 4.02. The van der Waals surface area contributed by atoms with Gasteiger partial charge >= 0.3 is 6.18 Å². The van der Waals surface area contributed by atoms with Crippen molar-refractivity contribution in [2.24, 2.45) is 0 Å². The van der Waals surface area contributed by atoms with Crippen molar-refractivity contribution in [1.29, 1.82) is 0 Å². The highest BCUT2D eigenvalue weighted by molar-refractivity contribution is 6.30. The molecule has 1 fully saturated rings. The number of morpholine rings is 1. The van der Waals surface area contributed by atoms with E-state index in [9.17, 15) is 18.0 Å². The number of amides is 1. The minimum Gasteiger partial charge on any atom is -0.379 e. The minimum absolute atomic E-state index is 0.0371. The average molecular weight is 472 g/mol. The van der Waals surface area contributed by atoms with Crippen LogP contribution in [0, 0.1) is 0 Å². The van der Waals surface area contributed by atoms with Crippen molar-refractivity contribution in [3.63, 3.8) is 0 Å². The smallest absolute Gasteiger partial charge is 0.379 e. The third kappa shape index (κ3) is 5.36. The van der Waals surface area contributed by atoms with Crippen molar-refractivity contribution in [1.82, 2.24) is 20.0 Å². The summed E-state index contributed by atoms with van der Waals surface area (Å²) in [5.41, 5.74) is 0.648. The molecule has 1 saturated heterocycles. The SMILES string of the molecule is O=C(NCCCN1CCOCC1)c1cc2n(n1)C(C(F)(F)F)CC(c1ccc(Cl)cc1)N2. The van der Waals surface area contributed by atoms with Crippen LogP contribution in [0.25, 0.3) is 0 Å². The number of benzene rings is 1. The molecule has 2 aliphatic heterocycles. The summed E-state index contributed by atoms with van der Waals surface area (Å²) >= 11 is 5.90. The topological polar surface area (TPSA) is 71.4 Å². The number of hydrogen-bond acceptors (Lipinski definition) is 5. The second-order valence-corrected chi connectivity index (χ2v) is 8.40. The number of nitrogens with zero attached hydrogens (tertiary/aromatic N) is 3. The summed E-state index contributed by atoms with van der Waals surface area (Å²) in [4.78, 5) is 14.8. The number of hydrogen-bond donors (Lipinski definition) is 2. The van der Waals surface area contributed by atoms with Gasteiger partial charge in [-0.3, -0.25) is 9.69 Å². The molecule has 0 radical (unpaired) electrons. The maximum absolute atomic E-state index is 13.8. The highest BCUT2D eigenvalue weighted by Gasteiger charge is 2.46. The Morgan fingerprint density at radius 1 is 1.25 bits per heavy atom. The quantitative estimate of drug-likeness (QED) is 0.629. The molecule has 0 saturated carbocycles. The summed E-state index contributed by atoms with van der Waals surface area (Å²) in [6.07, 6.45) is -4.00. The largest absolute Gasteiger partial charge is 0.410 e. The zero-order chi connectivity index (χ0) is 22.7. The second kappa shape index (κ2) is 9.68. The lowest BCUT2D eigenvalue weighted by Gasteiger charge is -2.33. The van der Waals surface area contributed by atoms with Gasteiger partial charge in [0.25, 0.3) is 5.91 Å². The molecule has 7 nitrogen and oxygen atoms in total. The van der Waals surface area contributed by atoms with Gasteiger partial charge in [0.1, 0.15) is 5.82 Å². The van der Waals surface area contributed by atoms with Crippen LogP contribution in [0.4, 0.5) is 19.0 Å². The molecule has 0 bridgehead atoms. The normalized spacial score (nSPS) is 21.6. The van der Waals surface area contributed by atoms with Crippen LogP contribution in [0.15, 0.2) is 30.3 Å². The van der Waals surface area contributed by atoms with E-state index in [1.165, 1.54) is 6.07 Å². The average Bonchev–Trinajstić information content (AvgIpc) is 3.21. The van der Waals surface area contributed by atoms with E-state index >= 15 is 0 Å². The molecule has 32 heavy (non-hydrogen) atoms. The van der Waals surface area contributed by atoms with Gasteiger partial charge in [-0.05, 0) is 30.7 Å². The number of rotatable bonds is 6. The van der Waals surface area contributed by atoms with E-state index in [-0.39, 0.29) is 17.9 Å². The van der Waals surface area contributed by atoms with Crippen molar-refractivity contribution < 1.29 is 22.7 Å². The number of carbonyl (C=O) groups is 1. The Balaban J connectivity index is 1.42. The molecule has 2 aromatic rings. The van der Waals surface area contributed by atoms with Gasteiger partial charge in [0.05, 0.1) is 19.3 Å². The lowest BCUT2D eigenvalue weighted by Crippen LogP contribution is -2.38. The number of anilines is 1. The second-order valence-electron chi connectivity index (χ2n) is 7.96. The Hall–Kier alpha value is -2.30. The molecular weight excluding hydrogens is 447 g/mol. The van der Waals surface area contributed by atoms with Crippen molar-refractivity contribution >= 4 is 23.3 Å². The van der Waals surface area contributed by atoms with Crippen LogP contribution in [0.1, 0.15) is 41.0 Å². The maximum atomic E-state index is 13.8. The van der Waals surface area contributed by atoms with Gasteiger partial charge in [0.2, 0.25) is 0 Å². The van der Waals surface area contributed by atoms with E-state index in [4.69, 9.17) is 16.3 Å². The van der Waals surface area contributed by atoms with Gasteiger partial charge in [0, 0.05) is 37.1 Å². The lowest BCUT2D eigenvalue weighted by atomic mass is 9.97. The van der Waals surface area contributed by atoms with Crippen LogP contribution in [0.5, 0.6) is 0 Å². The van der Waals surface area contributed by atoms with Crippen LogP contribution >= 0.6 is 11.6 Å². The Morgan fingerprint density at radius 3 is 2.66 bits per heavy atom. The molecule has 0 aliphatic carbocycles. The molecule has 0 spiro atoms. The number of carbonyl (C=O) groups excluding carboxylic acids is 1. The molecular formula is C21H25ClF3N5O2. The van der Waals surface area contributed by atoms with E-state index in [2.05, 4.69) is 20.6 Å². The van der Waals surface area contributed by atoms with Crippen LogP contribution < -0.4 is 10.6 Å². The predicted molar refractivity (Wildman–Crippen MR) is 114 cm³/mol. The molecule has 174 valence electrons. The molecule has 2 aliphatic rings. The van der Waals surface area contributed by atoms with E-state index in [1.54, 1.807) is 24.3 Å². The first kappa shape index (κ1) is 22.9.